The number of carbonyl (C=O) groups excluding carboxylic acids is 3. The molecule has 3 heterocycles. The van der Waals surface area contributed by atoms with Crippen molar-refractivity contribution in [3.8, 4) is 0 Å². The van der Waals surface area contributed by atoms with Gasteiger partial charge in [0.2, 0.25) is 5.91 Å². The third-order valence-electron chi connectivity index (χ3n) is 7.28. The molecule has 0 spiro atoms. The number of hydrogen-bond donors (Lipinski definition) is 2. The van der Waals surface area contributed by atoms with E-state index in [0.29, 0.717) is 5.70 Å². The van der Waals surface area contributed by atoms with Gasteiger partial charge in [-0.05, 0) is 35.7 Å². The highest BCUT2D eigenvalue weighted by atomic mass is 19.4. The van der Waals surface area contributed by atoms with E-state index in [1.807, 2.05) is 30.3 Å². The molecule has 0 aliphatic carbocycles. The number of urea groups is 1. The van der Waals surface area contributed by atoms with Gasteiger partial charge in [0.1, 0.15) is 6.04 Å². The largest absolute Gasteiger partial charge is 0.416 e. The van der Waals surface area contributed by atoms with Crippen LogP contribution < -0.4 is 10.6 Å². The monoisotopic (exact) mass is 563 g/mol. The van der Waals surface area contributed by atoms with Crippen LogP contribution in [0.2, 0.25) is 0 Å². The lowest BCUT2D eigenvalue weighted by Crippen LogP contribution is -2.49. The number of carbonyl (C=O) groups is 3. The molecule has 0 fully saturated rings. The summed E-state index contributed by atoms with van der Waals surface area (Å²) in [6.45, 7) is 1.98. The molecule has 0 unspecified atom stereocenters. The fourth-order valence-corrected chi connectivity index (χ4v) is 5.33. The quantitative estimate of drug-likeness (QED) is 0.430. The molecule has 41 heavy (non-hydrogen) atoms. The zero-order valence-corrected chi connectivity index (χ0v) is 22.2. The van der Waals surface area contributed by atoms with Crippen molar-refractivity contribution in [3.05, 3.63) is 113 Å². The van der Waals surface area contributed by atoms with Gasteiger partial charge in [-0.2, -0.15) is 13.2 Å². The minimum Gasteiger partial charge on any atom is -0.350 e. The fourth-order valence-electron chi connectivity index (χ4n) is 5.33. The Morgan fingerprint density at radius 1 is 1.05 bits per heavy atom. The van der Waals surface area contributed by atoms with Gasteiger partial charge >= 0.3 is 12.2 Å². The van der Waals surface area contributed by atoms with E-state index < -0.39 is 41.7 Å². The lowest BCUT2D eigenvalue weighted by Gasteiger charge is -2.33. The van der Waals surface area contributed by atoms with Crippen LogP contribution in [0, 0.1) is 0 Å². The second-order valence-corrected chi connectivity index (χ2v) is 9.79. The van der Waals surface area contributed by atoms with E-state index in [0.717, 1.165) is 17.2 Å². The predicted octanol–water partition coefficient (Wildman–Crippen LogP) is 4.21. The molecule has 3 aromatic rings. The Balaban J connectivity index is 1.52. The zero-order chi connectivity index (χ0) is 29.1. The maximum atomic E-state index is 14.1. The molecule has 11 heteroatoms. The van der Waals surface area contributed by atoms with Crippen LogP contribution in [0.3, 0.4) is 0 Å². The van der Waals surface area contributed by atoms with Crippen LogP contribution in [0.15, 0.2) is 90.4 Å². The molecule has 2 N–H and O–H groups in total. The number of aromatic nitrogens is 1. The normalized spacial score (nSPS) is 17.8. The van der Waals surface area contributed by atoms with Crippen LogP contribution >= 0.6 is 0 Å². The summed E-state index contributed by atoms with van der Waals surface area (Å²) in [5, 5.41) is 5.47. The molecule has 0 bridgehead atoms. The lowest BCUT2D eigenvalue weighted by atomic mass is 9.91. The molecule has 4 amide bonds. The summed E-state index contributed by atoms with van der Waals surface area (Å²) in [4.78, 5) is 47.5. The molecule has 5 rings (SSSR count). The topological polar surface area (TPSA) is 94.6 Å². The number of nitrogens with one attached hydrogen (secondary N) is 2. The molecule has 2 atom stereocenters. The first kappa shape index (κ1) is 27.9. The highest BCUT2D eigenvalue weighted by Gasteiger charge is 2.48. The van der Waals surface area contributed by atoms with E-state index in [2.05, 4.69) is 15.6 Å². The molecule has 0 saturated carbocycles. The highest BCUT2D eigenvalue weighted by molar-refractivity contribution is 6.03. The van der Waals surface area contributed by atoms with E-state index in [4.69, 9.17) is 0 Å². The fraction of sp³-hybridized carbons (Fsp3) is 0.267. The third kappa shape index (κ3) is 5.65. The number of hydrogen-bond acceptors (Lipinski definition) is 4. The van der Waals surface area contributed by atoms with Crippen molar-refractivity contribution in [1.82, 2.24) is 25.4 Å². The van der Waals surface area contributed by atoms with Gasteiger partial charge in [-0.1, -0.05) is 54.6 Å². The lowest BCUT2D eigenvalue weighted by molar-refractivity contribution is -0.138. The highest BCUT2D eigenvalue weighted by Crippen LogP contribution is 2.42. The average molecular weight is 564 g/mol. The third-order valence-corrected chi connectivity index (χ3v) is 7.28. The summed E-state index contributed by atoms with van der Waals surface area (Å²) in [6, 6.07) is 14.7. The van der Waals surface area contributed by atoms with Crippen molar-refractivity contribution < 1.29 is 27.6 Å². The van der Waals surface area contributed by atoms with Gasteiger partial charge in [-0.15, -0.1) is 0 Å². The van der Waals surface area contributed by atoms with Gasteiger partial charge in [0, 0.05) is 31.9 Å². The van der Waals surface area contributed by atoms with Gasteiger partial charge in [0.15, 0.2) is 0 Å². The number of halogens is 3. The van der Waals surface area contributed by atoms with E-state index in [9.17, 15) is 27.6 Å². The smallest absolute Gasteiger partial charge is 0.350 e. The molecular formula is C30H28F3N5O3. The van der Waals surface area contributed by atoms with Gasteiger partial charge < -0.3 is 15.5 Å². The Morgan fingerprint density at radius 2 is 1.76 bits per heavy atom. The molecule has 0 radical (unpaired) electrons. The molecule has 0 saturated heterocycles. The maximum Gasteiger partial charge on any atom is 0.416 e. The van der Waals surface area contributed by atoms with Crippen molar-refractivity contribution in [3.63, 3.8) is 0 Å². The van der Waals surface area contributed by atoms with Crippen molar-refractivity contribution in [2.45, 2.75) is 38.1 Å². The van der Waals surface area contributed by atoms with Crippen LogP contribution in [-0.4, -0.2) is 51.8 Å². The Labute approximate surface area is 234 Å². The summed E-state index contributed by atoms with van der Waals surface area (Å²) >= 11 is 0. The van der Waals surface area contributed by atoms with Crippen molar-refractivity contribution in [1.29, 1.82) is 0 Å². The SMILES string of the molecule is CCN1C(=O)N[C@H](c2ccccc2C(F)(F)F)C2=C1CN([C@@H](Cc1ccccc1)C(=O)NCc1cccnc1)C2=O. The molecule has 8 nitrogen and oxygen atoms in total. The molecule has 212 valence electrons. The van der Waals surface area contributed by atoms with Crippen molar-refractivity contribution >= 4 is 17.8 Å². The molecular weight excluding hydrogens is 535 g/mol. The predicted molar refractivity (Wildman–Crippen MR) is 144 cm³/mol. The van der Waals surface area contributed by atoms with E-state index in [-0.39, 0.29) is 37.2 Å². The van der Waals surface area contributed by atoms with Crippen LogP contribution in [0.1, 0.15) is 35.2 Å². The number of alkyl halides is 3. The van der Waals surface area contributed by atoms with Crippen LogP contribution in [0.25, 0.3) is 0 Å². The van der Waals surface area contributed by atoms with Gasteiger partial charge in [-0.3, -0.25) is 19.5 Å². The first-order valence-corrected chi connectivity index (χ1v) is 13.2. The minimum atomic E-state index is -4.70. The van der Waals surface area contributed by atoms with Gasteiger partial charge in [-0.25, -0.2) is 4.79 Å². The summed E-state index contributed by atoms with van der Waals surface area (Å²) in [6.07, 6.45) is -1.30. The zero-order valence-electron chi connectivity index (χ0n) is 22.2. The molecule has 2 aliphatic heterocycles. The summed E-state index contributed by atoms with van der Waals surface area (Å²) in [5.74, 6) is -1.03. The second-order valence-electron chi connectivity index (χ2n) is 9.79. The Hall–Kier alpha value is -4.67. The molecule has 2 aliphatic rings. The number of amides is 4. The Morgan fingerprint density at radius 3 is 2.44 bits per heavy atom. The average Bonchev–Trinajstić information content (AvgIpc) is 3.31. The second kappa shape index (κ2) is 11.4. The number of likely N-dealkylation sites (N-methyl/N-ethyl adjacent to an activating group) is 1. The van der Waals surface area contributed by atoms with E-state index >= 15 is 0 Å². The molecule has 2 aromatic carbocycles. The number of nitrogens with zero attached hydrogens (tertiary/aromatic N) is 3. The van der Waals surface area contributed by atoms with Gasteiger partial charge in [0.25, 0.3) is 5.91 Å². The number of pyridine rings is 1. The first-order valence-electron chi connectivity index (χ1n) is 13.2. The minimum absolute atomic E-state index is 0.0290. The summed E-state index contributed by atoms with van der Waals surface area (Å²) in [7, 11) is 0. The van der Waals surface area contributed by atoms with Crippen LogP contribution in [0.4, 0.5) is 18.0 Å². The Bertz CT molecular complexity index is 1480. The first-order chi connectivity index (χ1) is 19.7. The van der Waals surface area contributed by atoms with E-state index in [1.165, 1.54) is 28.0 Å². The maximum absolute atomic E-state index is 14.1. The number of rotatable bonds is 8. The van der Waals surface area contributed by atoms with Crippen LogP contribution in [0.5, 0.6) is 0 Å². The Kier molecular flexibility index (Phi) is 7.78. The van der Waals surface area contributed by atoms with Crippen LogP contribution in [-0.2, 0) is 28.7 Å². The summed E-state index contributed by atoms with van der Waals surface area (Å²) in [5.41, 5.74) is 0.714. The van der Waals surface area contributed by atoms with Crippen molar-refractivity contribution in [2.24, 2.45) is 0 Å². The molecule has 1 aromatic heterocycles. The standard InChI is InChI=1S/C30H28F3N5O3/c1-2-37-24-18-38(23(15-19-9-4-3-5-10-19)27(39)35-17-20-11-8-14-34-16-20)28(40)25(24)26(36-29(37)41)21-12-6-7-13-22(21)30(31,32)33/h3-14,16,23,26H,2,15,17-18H2,1H3,(H,35,39)(H,36,41)/t23-,26+/m0/s1. The summed E-state index contributed by atoms with van der Waals surface area (Å²) < 4.78 is 41.9. The van der Waals surface area contributed by atoms with Gasteiger partial charge in [0.05, 0.1) is 29.4 Å². The van der Waals surface area contributed by atoms with Crippen molar-refractivity contribution in [2.75, 3.05) is 13.1 Å². The number of benzene rings is 2. The van der Waals surface area contributed by atoms with E-state index in [1.54, 1.807) is 31.5 Å².